The molecule has 0 aliphatic carbocycles. The van der Waals surface area contributed by atoms with Gasteiger partial charge in [-0.2, -0.15) is 0 Å². The van der Waals surface area contributed by atoms with Crippen molar-refractivity contribution in [3.63, 3.8) is 0 Å². The molecular formula is C16H17ClFNO3. The molecule has 0 aromatic heterocycles. The number of ether oxygens (including phenoxy) is 3. The Morgan fingerprint density at radius 2 is 1.77 bits per heavy atom. The summed E-state index contributed by atoms with van der Waals surface area (Å²) in [6.07, 6.45) is 0. The van der Waals surface area contributed by atoms with Crippen LogP contribution in [0.15, 0.2) is 36.4 Å². The highest BCUT2D eigenvalue weighted by molar-refractivity contribution is 6.32. The van der Waals surface area contributed by atoms with Crippen LogP contribution in [0.3, 0.4) is 0 Å². The van der Waals surface area contributed by atoms with E-state index in [4.69, 9.17) is 25.8 Å². The van der Waals surface area contributed by atoms with Gasteiger partial charge in [0.1, 0.15) is 18.1 Å². The first-order chi connectivity index (χ1) is 10.7. The van der Waals surface area contributed by atoms with Gasteiger partial charge in [0.2, 0.25) is 0 Å². The largest absolute Gasteiger partial charge is 0.495 e. The van der Waals surface area contributed by atoms with Crippen molar-refractivity contribution in [3.05, 3.63) is 47.2 Å². The van der Waals surface area contributed by atoms with Gasteiger partial charge in [0.15, 0.2) is 11.6 Å². The second kappa shape index (κ2) is 7.75. The van der Waals surface area contributed by atoms with Gasteiger partial charge < -0.3 is 19.5 Å². The number of methoxy groups -OCH3 is 2. The molecule has 1 N–H and O–H groups in total. The SMILES string of the molecule is COc1cc(NCCOc2ccccc2F)c(OC)cc1Cl. The van der Waals surface area contributed by atoms with Crippen molar-refractivity contribution in [3.8, 4) is 17.2 Å². The molecule has 6 heteroatoms. The summed E-state index contributed by atoms with van der Waals surface area (Å²) < 4.78 is 29.2. The van der Waals surface area contributed by atoms with Gasteiger partial charge in [-0.15, -0.1) is 0 Å². The maximum absolute atomic E-state index is 13.4. The first kappa shape index (κ1) is 16.2. The zero-order valence-electron chi connectivity index (χ0n) is 12.4. The van der Waals surface area contributed by atoms with Crippen molar-refractivity contribution in [1.82, 2.24) is 0 Å². The van der Waals surface area contributed by atoms with Crippen LogP contribution in [0.1, 0.15) is 0 Å². The molecule has 22 heavy (non-hydrogen) atoms. The van der Waals surface area contributed by atoms with E-state index in [2.05, 4.69) is 5.32 Å². The Balaban J connectivity index is 1.95. The lowest BCUT2D eigenvalue weighted by molar-refractivity contribution is 0.315. The molecule has 2 aromatic carbocycles. The number of anilines is 1. The van der Waals surface area contributed by atoms with Crippen molar-refractivity contribution in [2.45, 2.75) is 0 Å². The fourth-order valence-electron chi connectivity index (χ4n) is 1.91. The molecule has 0 amide bonds. The number of rotatable bonds is 7. The topological polar surface area (TPSA) is 39.7 Å². The van der Waals surface area contributed by atoms with Crippen molar-refractivity contribution in [2.75, 3.05) is 32.7 Å². The van der Waals surface area contributed by atoms with E-state index in [1.54, 1.807) is 44.6 Å². The number of para-hydroxylation sites is 1. The van der Waals surface area contributed by atoms with Gasteiger partial charge in [0.05, 0.1) is 24.9 Å². The molecule has 0 saturated heterocycles. The van der Waals surface area contributed by atoms with E-state index >= 15 is 0 Å². The maximum atomic E-state index is 13.4. The number of benzene rings is 2. The molecule has 0 aliphatic rings. The maximum Gasteiger partial charge on any atom is 0.165 e. The summed E-state index contributed by atoms with van der Waals surface area (Å²) in [6.45, 7) is 0.768. The number of hydrogen-bond acceptors (Lipinski definition) is 4. The van der Waals surface area contributed by atoms with Crippen LogP contribution in [0.4, 0.5) is 10.1 Å². The summed E-state index contributed by atoms with van der Waals surface area (Å²) in [5.74, 6) is 0.981. The van der Waals surface area contributed by atoms with Gasteiger partial charge in [0, 0.05) is 18.7 Å². The van der Waals surface area contributed by atoms with Crippen molar-refractivity contribution in [1.29, 1.82) is 0 Å². The molecule has 0 aliphatic heterocycles. The predicted octanol–water partition coefficient (Wildman–Crippen LogP) is 3.99. The van der Waals surface area contributed by atoms with Gasteiger partial charge in [0.25, 0.3) is 0 Å². The summed E-state index contributed by atoms with van der Waals surface area (Å²) in [5.41, 5.74) is 0.723. The molecule has 0 fully saturated rings. The Kier molecular flexibility index (Phi) is 5.72. The summed E-state index contributed by atoms with van der Waals surface area (Å²) in [6, 6.07) is 9.69. The van der Waals surface area contributed by atoms with Gasteiger partial charge in [-0.3, -0.25) is 0 Å². The smallest absolute Gasteiger partial charge is 0.165 e. The van der Waals surface area contributed by atoms with Gasteiger partial charge in [-0.05, 0) is 12.1 Å². The molecule has 118 valence electrons. The van der Waals surface area contributed by atoms with Crippen LogP contribution in [0.25, 0.3) is 0 Å². The normalized spacial score (nSPS) is 10.2. The Hall–Kier alpha value is -2.14. The highest BCUT2D eigenvalue weighted by atomic mass is 35.5. The second-order valence-corrected chi connectivity index (χ2v) is 4.80. The monoisotopic (exact) mass is 325 g/mol. The lowest BCUT2D eigenvalue weighted by Crippen LogP contribution is -2.12. The van der Waals surface area contributed by atoms with E-state index in [9.17, 15) is 4.39 Å². The average molecular weight is 326 g/mol. The zero-order valence-corrected chi connectivity index (χ0v) is 13.1. The Morgan fingerprint density at radius 3 is 2.45 bits per heavy atom. The molecular weight excluding hydrogens is 309 g/mol. The molecule has 0 radical (unpaired) electrons. The number of hydrogen-bond donors (Lipinski definition) is 1. The van der Waals surface area contributed by atoms with Crippen molar-refractivity contribution in [2.24, 2.45) is 0 Å². The third-order valence-corrected chi connectivity index (χ3v) is 3.28. The molecule has 0 bridgehead atoms. The minimum absolute atomic E-state index is 0.227. The molecule has 2 rings (SSSR count). The lowest BCUT2D eigenvalue weighted by atomic mass is 10.2. The first-order valence-corrected chi connectivity index (χ1v) is 7.06. The van der Waals surface area contributed by atoms with Crippen molar-refractivity contribution < 1.29 is 18.6 Å². The quantitative estimate of drug-likeness (QED) is 0.781. The van der Waals surface area contributed by atoms with E-state index in [0.717, 1.165) is 5.69 Å². The molecule has 0 spiro atoms. The van der Waals surface area contributed by atoms with Gasteiger partial charge in [-0.25, -0.2) is 4.39 Å². The third-order valence-electron chi connectivity index (χ3n) is 2.99. The molecule has 4 nitrogen and oxygen atoms in total. The Labute approximate surface area is 133 Å². The van der Waals surface area contributed by atoms with Crippen LogP contribution < -0.4 is 19.5 Å². The fraction of sp³-hybridized carbons (Fsp3) is 0.250. The highest BCUT2D eigenvalue weighted by Gasteiger charge is 2.09. The van der Waals surface area contributed by atoms with Crippen LogP contribution in [0.2, 0.25) is 5.02 Å². The highest BCUT2D eigenvalue weighted by Crippen LogP contribution is 2.35. The Morgan fingerprint density at radius 1 is 1.05 bits per heavy atom. The molecule has 0 heterocycles. The summed E-state index contributed by atoms with van der Waals surface area (Å²) in [4.78, 5) is 0. The van der Waals surface area contributed by atoms with Crippen molar-refractivity contribution >= 4 is 17.3 Å². The number of halogens is 2. The van der Waals surface area contributed by atoms with Crippen LogP contribution in [-0.2, 0) is 0 Å². The minimum Gasteiger partial charge on any atom is -0.495 e. The van der Waals surface area contributed by atoms with Crippen LogP contribution >= 0.6 is 11.6 Å². The molecule has 0 saturated carbocycles. The second-order valence-electron chi connectivity index (χ2n) is 4.39. The van der Waals surface area contributed by atoms with Crippen LogP contribution in [0.5, 0.6) is 17.2 Å². The Bertz CT molecular complexity index is 637. The van der Waals surface area contributed by atoms with Gasteiger partial charge in [-0.1, -0.05) is 23.7 Å². The number of nitrogens with one attached hydrogen (secondary N) is 1. The van der Waals surface area contributed by atoms with E-state index in [0.29, 0.717) is 29.7 Å². The predicted molar refractivity (Wildman–Crippen MR) is 84.9 cm³/mol. The van der Waals surface area contributed by atoms with E-state index in [-0.39, 0.29) is 11.6 Å². The van der Waals surface area contributed by atoms with Crippen LogP contribution in [0, 0.1) is 5.82 Å². The fourth-order valence-corrected chi connectivity index (χ4v) is 2.14. The molecule has 0 atom stereocenters. The zero-order chi connectivity index (χ0) is 15.9. The average Bonchev–Trinajstić information content (AvgIpc) is 2.53. The standard InChI is InChI=1S/C16H17ClFNO3/c1-20-15-10-13(16(21-2)9-11(15)17)19-7-8-22-14-6-4-3-5-12(14)18/h3-6,9-10,19H,7-8H2,1-2H3. The van der Waals surface area contributed by atoms with E-state index in [1.807, 2.05) is 0 Å². The van der Waals surface area contributed by atoms with E-state index in [1.165, 1.54) is 6.07 Å². The summed E-state index contributed by atoms with van der Waals surface area (Å²) in [5, 5.41) is 3.61. The molecule has 2 aromatic rings. The first-order valence-electron chi connectivity index (χ1n) is 6.68. The van der Waals surface area contributed by atoms with Crippen LogP contribution in [-0.4, -0.2) is 27.4 Å². The van der Waals surface area contributed by atoms with E-state index < -0.39 is 0 Å². The minimum atomic E-state index is -0.381. The van der Waals surface area contributed by atoms with Gasteiger partial charge >= 0.3 is 0 Å². The molecule has 0 unspecified atom stereocenters. The lowest BCUT2D eigenvalue weighted by Gasteiger charge is -2.14. The summed E-state index contributed by atoms with van der Waals surface area (Å²) in [7, 11) is 3.10. The summed E-state index contributed by atoms with van der Waals surface area (Å²) >= 11 is 6.04. The third kappa shape index (κ3) is 3.95.